The molecule has 5 heteroatoms. The third kappa shape index (κ3) is 4.97. The van der Waals surface area contributed by atoms with Crippen molar-refractivity contribution in [1.82, 2.24) is 5.32 Å². The summed E-state index contributed by atoms with van der Waals surface area (Å²) < 4.78 is 4.96. The van der Waals surface area contributed by atoms with Crippen LogP contribution in [0.4, 0.5) is 0 Å². The van der Waals surface area contributed by atoms with Crippen LogP contribution in [0.1, 0.15) is 31.7 Å². The lowest BCUT2D eigenvalue weighted by atomic mass is 9.87. The van der Waals surface area contributed by atoms with Crippen LogP contribution in [-0.4, -0.2) is 26.2 Å². The Kier molecular flexibility index (Phi) is 7.35. The van der Waals surface area contributed by atoms with Crippen LogP contribution in [-0.2, 0) is 9.53 Å². The molecule has 0 spiro atoms. The summed E-state index contributed by atoms with van der Waals surface area (Å²) in [6.07, 6.45) is 0.800. The number of ether oxygens (including phenoxy) is 1. The Morgan fingerprint density at radius 3 is 2.55 bits per heavy atom. The number of carbonyl (C=O) groups is 1. The fourth-order valence-corrected chi connectivity index (χ4v) is 2.39. The Hall–Kier alpha value is -0.770. The highest BCUT2D eigenvalue weighted by atomic mass is 35.5. The van der Waals surface area contributed by atoms with Gasteiger partial charge in [-0.05, 0) is 30.0 Å². The lowest BCUT2D eigenvalue weighted by Gasteiger charge is -2.21. The molecule has 20 heavy (non-hydrogen) atoms. The second-order valence-corrected chi connectivity index (χ2v) is 5.85. The second-order valence-electron chi connectivity index (χ2n) is 5.03. The predicted octanol–water partition coefficient (Wildman–Crippen LogP) is 3.89. The minimum absolute atomic E-state index is 0.00879. The average molecular weight is 318 g/mol. The molecule has 1 aromatic carbocycles. The van der Waals surface area contributed by atoms with Crippen molar-refractivity contribution in [1.29, 1.82) is 0 Å². The third-order valence-corrected chi connectivity index (χ3v) is 3.82. The molecule has 0 fully saturated rings. The summed E-state index contributed by atoms with van der Waals surface area (Å²) in [6, 6.07) is 5.35. The maximum atomic E-state index is 12.3. The highest BCUT2D eigenvalue weighted by molar-refractivity contribution is 6.42. The van der Waals surface area contributed by atoms with E-state index in [-0.39, 0.29) is 17.7 Å². The molecule has 0 aliphatic rings. The van der Waals surface area contributed by atoms with Crippen molar-refractivity contribution in [3.63, 3.8) is 0 Å². The maximum Gasteiger partial charge on any atom is 0.227 e. The van der Waals surface area contributed by atoms with E-state index < -0.39 is 0 Å². The zero-order valence-electron chi connectivity index (χ0n) is 12.1. The molecule has 0 saturated carbocycles. The van der Waals surface area contributed by atoms with Crippen LogP contribution >= 0.6 is 23.2 Å². The van der Waals surface area contributed by atoms with Gasteiger partial charge in [0.2, 0.25) is 5.91 Å². The molecule has 0 aliphatic carbocycles. The fourth-order valence-electron chi connectivity index (χ4n) is 2.08. The first-order valence-electron chi connectivity index (χ1n) is 6.69. The van der Waals surface area contributed by atoms with Crippen LogP contribution in [0.2, 0.25) is 10.0 Å². The van der Waals surface area contributed by atoms with E-state index >= 15 is 0 Å². The van der Waals surface area contributed by atoms with E-state index in [1.807, 2.05) is 19.9 Å². The highest BCUT2D eigenvalue weighted by Crippen LogP contribution is 2.30. The molecule has 112 valence electrons. The zero-order valence-corrected chi connectivity index (χ0v) is 13.6. The van der Waals surface area contributed by atoms with Gasteiger partial charge in [-0.15, -0.1) is 0 Å². The minimum Gasteiger partial charge on any atom is -0.385 e. The number of hydrogen-bond donors (Lipinski definition) is 1. The van der Waals surface area contributed by atoms with Gasteiger partial charge in [0, 0.05) is 20.3 Å². The molecule has 1 N–H and O–H groups in total. The third-order valence-electron chi connectivity index (χ3n) is 3.08. The number of methoxy groups -OCH3 is 1. The summed E-state index contributed by atoms with van der Waals surface area (Å²) in [7, 11) is 1.65. The molecule has 1 unspecified atom stereocenters. The zero-order chi connectivity index (χ0) is 15.1. The summed E-state index contributed by atoms with van der Waals surface area (Å²) in [4.78, 5) is 12.3. The van der Waals surface area contributed by atoms with Crippen molar-refractivity contribution < 1.29 is 9.53 Å². The van der Waals surface area contributed by atoms with E-state index in [4.69, 9.17) is 27.9 Å². The molecule has 3 nitrogen and oxygen atoms in total. The molecule has 1 amide bonds. The number of rotatable bonds is 7. The fraction of sp³-hybridized carbons (Fsp3) is 0.533. The van der Waals surface area contributed by atoms with Gasteiger partial charge in [0.1, 0.15) is 0 Å². The number of carbonyl (C=O) groups excluding carboxylic acids is 1. The second kappa shape index (κ2) is 8.50. The Morgan fingerprint density at radius 1 is 1.30 bits per heavy atom. The van der Waals surface area contributed by atoms with Crippen molar-refractivity contribution in [3.05, 3.63) is 33.8 Å². The van der Waals surface area contributed by atoms with Crippen LogP contribution in [0.15, 0.2) is 18.2 Å². The van der Waals surface area contributed by atoms with Crippen LogP contribution in [0, 0.1) is 5.92 Å². The average Bonchev–Trinajstić information content (AvgIpc) is 2.39. The van der Waals surface area contributed by atoms with E-state index in [9.17, 15) is 4.79 Å². The largest absolute Gasteiger partial charge is 0.385 e. The summed E-state index contributed by atoms with van der Waals surface area (Å²) in [5.41, 5.74) is 0.888. The molecular weight excluding hydrogens is 297 g/mol. The predicted molar refractivity (Wildman–Crippen MR) is 83.5 cm³/mol. The Labute approximate surface area is 130 Å². The summed E-state index contributed by atoms with van der Waals surface area (Å²) >= 11 is 11.9. The topological polar surface area (TPSA) is 38.3 Å². The van der Waals surface area contributed by atoms with Crippen molar-refractivity contribution in [2.75, 3.05) is 20.3 Å². The van der Waals surface area contributed by atoms with Gasteiger partial charge in [-0.1, -0.05) is 43.1 Å². The van der Waals surface area contributed by atoms with Gasteiger partial charge in [0.15, 0.2) is 0 Å². The van der Waals surface area contributed by atoms with Crippen LogP contribution in [0.25, 0.3) is 0 Å². The van der Waals surface area contributed by atoms with E-state index in [0.717, 1.165) is 12.0 Å². The number of hydrogen-bond acceptors (Lipinski definition) is 2. The molecule has 0 saturated heterocycles. The standard InChI is InChI=1S/C15H21Cl2NO2/c1-10(2)14(15(19)18-7-4-8-20-3)11-5-6-12(16)13(17)9-11/h5-6,9-10,14H,4,7-8H2,1-3H3,(H,18,19). The number of amides is 1. The summed E-state index contributed by atoms with van der Waals surface area (Å²) in [5.74, 6) is -0.0449. The van der Waals surface area contributed by atoms with Gasteiger partial charge in [0.05, 0.1) is 16.0 Å². The summed E-state index contributed by atoms with van der Waals surface area (Å²) in [6.45, 7) is 5.28. The van der Waals surface area contributed by atoms with Crippen molar-refractivity contribution >= 4 is 29.1 Å². The van der Waals surface area contributed by atoms with E-state index in [2.05, 4.69) is 5.32 Å². The lowest BCUT2D eigenvalue weighted by molar-refractivity contribution is -0.123. The van der Waals surface area contributed by atoms with Crippen molar-refractivity contribution in [2.45, 2.75) is 26.2 Å². The molecule has 1 atom stereocenters. The molecule has 1 aromatic rings. The molecule has 0 radical (unpaired) electrons. The van der Waals surface area contributed by atoms with Gasteiger partial charge in [-0.2, -0.15) is 0 Å². The molecule has 1 rings (SSSR count). The molecule has 0 bridgehead atoms. The smallest absolute Gasteiger partial charge is 0.227 e. The number of benzene rings is 1. The van der Waals surface area contributed by atoms with E-state index in [1.54, 1.807) is 19.2 Å². The van der Waals surface area contributed by atoms with Crippen LogP contribution in [0.5, 0.6) is 0 Å². The molecule has 0 aromatic heterocycles. The van der Waals surface area contributed by atoms with Gasteiger partial charge in [-0.3, -0.25) is 4.79 Å². The van der Waals surface area contributed by atoms with Crippen LogP contribution in [0.3, 0.4) is 0 Å². The SMILES string of the molecule is COCCCNC(=O)C(c1ccc(Cl)c(Cl)c1)C(C)C. The Morgan fingerprint density at radius 2 is 2.00 bits per heavy atom. The quantitative estimate of drug-likeness (QED) is 0.775. The first-order chi connectivity index (χ1) is 9.47. The molecular formula is C15H21Cl2NO2. The number of nitrogens with one attached hydrogen (secondary N) is 1. The van der Waals surface area contributed by atoms with Crippen LogP contribution < -0.4 is 5.32 Å². The van der Waals surface area contributed by atoms with Gasteiger partial charge >= 0.3 is 0 Å². The monoisotopic (exact) mass is 317 g/mol. The minimum atomic E-state index is -0.229. The Balaban J connectivity index is 2.77. The van der Waals surface area contributed by atoms with Crippen molar-refractivity contribution in [3.8, 4) is 0 Å². The Bertz CT molecular complexity index is 449. The van der Waals surface area contributed by atoms with E-state index in [0.29, 0.717) is 23.2 Å². The normalized spacial score (nSPS) is 12.5. The van der Waals surface area contributed by atoms with Gasteiger partial charge in [0.25, 0.3) is 0 Å². The lowest BCUT2D eigenvalue weighted by Crippen LogP contribution is -2.33. The molecule has 0 aliphatic heterocycles. The number of halogens is 2. The molecule has 0 heterocycles. The van der Waals surface area contributed by atoms with Crippen molar-refractivity contribution in [2.24, 2.45) is 5.92 Å². The maximum absolute atomic E-state index is 12.3. The first kappa shape index (κ1) is 17.3. The summed E-state index contributed by atoms with van der Waals surface area (Å²) in [5, 5.41) is 3.91. The van der Waals surface area contributed by atoms with Gasteiger partial charge < -0.3 is 10.1 Å². The van der Waals surface area contributed by atoms with E-state index in [1.165, 1.54) is 0 Å². The van der Waals surface area contributed by atoms with Gasteiger partial charge in [-0.25, -0.2) is 0 Å². The first-order valence-corrected chi connectivity index (χ1v) is 7.44. The highest BCUT2D eigenvalue weighted by Gasteiger charge is 2.24.